The molecule has 0 fully saturated rings. The summed E-state index contributed by atoms with van der Waals surface area (Å²) >= 11 is 1.55. The predicted octanol–water partition coefficient (Wildman–Crippen LogP) is 2.88. The van der Waals surface area contributed by atoms with Crippen molar-refractivity contribution >= 4 is 23.8 Å². The highest BCUT2D eigenvalue weighted by Gasteiger charge is 2.23. The second-order valence-corrected chi connectivity index (χ2v) is 6.56. The normalized spacial score (nSPS) is 12.7. The number of thioether (sulfide) groups is 1. The highest BCUT2D eigenvalue weighted by molar-refractivity contribution is 7.98. The van der Waals surface area contributed by atoms with Crippen molar-refractivity contribution in [2.24, 2.45) is 0 Å². The molecule has 0 aliphatic carbocycles. The van der Waals surface area contributed by atoms with Crippen LogP contribution < -0.4 is 5.32 Å². The average Bonchev–Trinajstić information content (AvgIpc) is 2.83. The monoisotopic (exact) mass is 315 g/mol. The molecule has 21 heavy (non-hydrogen) atoms. The third-order valence-corrected chi connectivity index (χ3v) is 3.38. The molecule has 0 radical (unpaired) electrons. The molecule has 1 unspecified atom stereocenters. The molecule has 6 nitrogen and oxygen atoms in total. The van der Waals surface area contributed by atoms with E-state index >= 15 is 0 Å². The molecule has 0 aliphatic rings. The maximum Gasteiger partial charge on any atom is 0.408 e. The lowest BCUT2D eigenvalue weighted by Gasteiger charge is -2.21. The van der Waals surface area contributed by atoms with E-state index in [1.807, 2.05) is 6.07 Å². The number of carboxylic acids is 1. The molecule has 1 atom stereocenters. The van der Waals surface area contributed by atoms with Crippen molar-refractivity contribution < 1.29 is 23.8 Å². The van der Waals surface area contributed by atoms with Gasteiger partial charge in [-0.25, -0.2) is 9.59 Å². The minimum absolute atomic E-state index is 0.319. The minimum Gasteiger partial charge on any atom is -0.480 e. The van der Waals surface area contributed by atoms with Gasteiger partial charge in [0.15, 0.2) is 0 Å². The number of ether oxygens (including phenoxy) is 1. The zero-order chi connectivity index (χ0) is 15.9. The summed E-state index contributed by atoms with van der Waals surface area (Å²) in [5, 5.41) is 11.5. The van der Waals surface area contributed by atoms with E-state index < -0.39 is 23.7 Å². The summed E-state index contributed by atoms with van der Waals surface area (Å²) in [5.74, 6) is 1.03. The zero-order valence-corrected chi connectivity index (χ0v) is 13.2. The fourth-order valence-corrected chi connectivity index (χ4v) is 2.39. The molecule has 0 saturated heterocycles. The average molecular weight is 315 g/mol. The topological polar surface area (TPSA) is 88.8 Å². The third kappa shape index (κ3) is 7.65. The van der Waals surface area contributed by atoms with Crippen molar-refractivity contribution in [1.82, 2.24) is 5.32 Å². The van der Waals surface area contributed by atoms with Crippen LogP contribution in [0.2, 0.25) is 0 Å². The quantitative estimate of drug-likeness (QED) is 0.752. The van der Waals surface area contributed by atoms with Crippen molar-refractivity contribution in [2.45, 2.75) is 44.6 Å². The fraction of sp³-hybridized carbons (Fsp3) is 0.571. The Morgan fingerprint density at radius 1 is 1.48 bits per heavy atom. The van der Waals surface area contributed by atoms with Crippen molar-refractivity contribution in [3.8, 4) is 0 Å². The number of hydrogen-bond acceptors (Lipinski definition) is 5. The second-order valence-electron chi connectivity index (χ2n) is 5.46. The Kier molecular flexibility index (Phi) is 6.61. The predicted molar refractivity (Wildman–Crippen MR) is 80.3 cm³/mol. The van der Waals surface area contributed by atoms with Crippen molar-refractivity contribution in [1.29, 1.82) is 0 Å². The molecular weight excluding hydrogens is 294 g/mol. The first kappa shape index (κ1) is 17.4. The van der Waals surface area contributed by atoms with Gasteiger partial charge >= 0.3 is 12.1 Å². The lowest BCUT2D eigenvalue weighted by atomic mass is 10.2. The summed E-state index contributed by atoms with van der Waals surface area (Å²) in [6.07, 6.45) is 1.20. The largest absolute Gasteiger partial charge is 0.480 e. The highest BCUT2D eigenvalue weighted by atomic mass is 32.2. The van der Waals surface area contributed by atoms with Gasteiger partial charge in [0.1, 0.15) is 17.4 Å². The lowest BCUT2D eigenvalue weighted by Crippen LogP contribution is -2.43. The number of carbonyl (C=O) groups excluding carboxylic acids is 1. The Hall–Kier alpha value is -1.63. The number of alkyl carbamates (subject to hydrolysis) is 1. The van der Waals surface area contributed by atoms with Crippen LogP contribution in [0.25, 0.3) is 0 Å². The van der Waals surface area contributed by atoms with Gasteiger partial charge in [-0.05, 0) is 45.1 Å². The van der Waals surface area contributed by atoms with Gasteiger partial charge < -0.3 is 19.6 Å². The van der Waals surface area contributed by atoms with Crippen LogP contribution >= 0.6 is 11.8 Å². The summed E-state index contributed by atoms with van der Waals surface area (Å²) in [4.78, 5) is 22.7. The van der Waals surface area contributed by atoms with E-state index in [9.17, 15) is 9.59 Å². The van der Waals surface area contributed by atoms with Gasteiger partial charge in [-0.15, -0.1) is 0 Å². The first-order chi connectivity index (χ1) is 9.78. The molecule has 1 aromatic rings. The van der Waals surface area contributed by atoms with Gasteiger partial charge in [0, 0.05) is 0 Å². The van der Waals surface area contributed by atoms with Crippen molar-refractivity contribution in [3.05, 3.63) is 24.2 Å². The van der Waals surface area contributed by atoms with E-state index in [0.717, 1.165) is 5.76 Å². The zero-order valence-electron chi connectivity index (χ0n) is 12.4. The van der Waals surface area contributed by atoms with Crippen LogP contribution in [0.5, 0.6) is 0 Å². The maximum atomic E-state index is 11.6. The van der Waals surface area contributed by atoms with Gasteiger partial charge in [-0.1, -0.05) is 0 Å². The molecule has 118 valence electrons. The van der Waals surface area contributed by atoms with Crippen LogP contribution in [-0.2, 0) is 15.3 Å². The molecule has 0 spiro atoms. The minimum atomic E-state index is -1.07. The molecule has 0 bridgehead atoms. The van der Waals surface area contributed by atoms with E-state index in [-0.39, 0.29) is 0 Å². The third-order valence-electron chi connectivity index (χ3n) is 2.36. The number of amides is 1. The standard InChI is InChI=1S/C14H21NO5S/c1-14(2,3)20-13(18)15-11(12(16)17)6-8-21-9-10-5-4-7-19-10/h4-5,7,11H,6,8-9H2,1-3H3,(H,15,18)(H,16,17). The Labute approximate surface area is 128 Å². The molecule has 0 aliphatic heterocycles. The summed E-state index contributed by atoms with van der Waals surface area (Å²) in [6, 6.07) is 2.71. The van der Waals surface area contributed by atoms with E-state index in [0.29, 0.717) is 17.9 Å². The molecule has 7 heteroatoms. The molecule has 1 aromatic heterocycles. The Morgan fingerprint density at radius 2 is 2.19 bits per heavy atom. The number of carbonyl (C=O) groups is 2. The smallest absolute Gasteiger partial charge is 0.408 e. The Bertz CT molecular complexity index is 452. The molecule has 1 rings (SSSR count). The van der Waals surface area contributed by atoms with E-state index in [1.54, 1.807) is 44.9 Å². The molecule has 1 heterocycles. The molecule has 0 saturated carbocycles. The van der Waals surface area contributed by atoms with Crippen molar-refractivity contribution in [2.75, 3.05) is 5.75 Å². The van der Waals surface area contributed by atoms with Crippen LogP contribution in [0.1, 0.15) is 33.0 Å². The second kappa shape index (κ2) is 7.97. The number of aliphatic carboxylic acids is 1. The van der Waals surface area contributed by atoms with Crippen LogP contribution in [-0.4, -0.2) is 34.6 Å². The van der Waals surface area contributed by atoms with Crippen molar-refractivity contribution in [3.63, 3.8) is 0 Å². The molecule has 1 amide bonds. The maximum absolute atomic E-state index is 11.6. The number of hydrogen-bond donors (Lipinski definition) is 2. The van der Waals surface area contributed by atoms with Gasteiger partial charge in [0.2, 0.25) is 0 Å². The Balaban J connectivity index is 2.32. The van der Waals surface area contributed by atoms with Gasteiger partial charge in [0.05, 0.1) is 12.0 Å². The molecule has 0 aromatic carbocycles. The van der Waals surface area contributed by atoms with Crippen LogP contribution in [0.4, 0.5) is 4.79 Å². The van der Waals surface area contributed by atoms with E-state index in [2.05, 4.69) is 5.32 Å². The number of nitrogens with one attached hydrogen (secondary N) is 1. The van der Waals surface area contributed by atoms with Crippen LogP contribution in [0.15, 0.2) is 22.8 Å². The fourth-order valence-electron chi connectivity index (χ4n) is 1.48. The first-order valence-corrected chi connectivity index (χ1v) is 7.76. The first-order valence-electron chi connectivity index (χ1n) is 6.60. The lowest BCUT2D eigenvalue weighted by molar-refractivity contribution is -0.139. The van der Waals surface area contributed by atoms with Crippen LogP contribution in [0, 0.1) is 0 Å². The van der Waals surface area contributed by atoms with E-state index in [4.69, 9.17) is 14.3 Å². The summed E-state index contributed by atoms with van der Waals surface area (Å²) in [7, 11) is 0. The van der Waals surface area contributed by atoms with E-state index in [1.165, 1.54) is 0 Å². The number of furan rings is 1. The molecule has 2 N–H and O–H groups in total. The number of carboxylic acid groups (broad SMARTS) is 1. The van der Waals surface area contributed by atoms with Crippen LogP contribution in [0.3, 0.4) is 0 Å². The Morgan fingerprint density at radius 3 is 2.71 bits per heavy atom. The summed E-state index contributed by atoms with van der Waals surface area (Å²) in [5.41, 5.74) is -0.652. The highest BCUT2D eigenvalue weighted by Crippen LogP contribution is 2.14. The summed E-state index contributed by atoms with van der Waals surface area (Å²) in [6.45, 7) is 5.17. The van der Waals surface area contributed by atoms with Gasteiger partial charge in [-0.3, -0.25) is 0 Å². The van der Waals surface area contributed by atoms with Gasteiger partial charge in [-0.2, -0.15) is 11.8 Å². The number of rotatable bonds is 7. The SMILES string of the molecule is CC(C)(C)OC(=O)NC(CCSCc1ccco1)C(=O)O. The van der Waals surface area contributed by atoms with Gasteiger partial charge in [0.25, 0.3) is 0 Å². The summed E-state index contributed by atoms with van der Waals surface area (Å²) < 4.78 is 10.2. The molecular formula is C14H21NO5S.